The lowest BCUT2D eigenvalue weighted by atomic mass is 9.79. The largest absolute Gasteiger partial charge is 0.516 e. The van der Waals surface area contributed by atoms with Gasteiger partial charge in [-0.3, -0.25) is 4.31 Å². The number of rotatable bonds is 14. The molecule has 5 nitrogen and oxygen atoms in total. The highest BCUT2D eigenvalue weighted by atomic mass is 32.2. The lowest BCUT2D eigenvalue weighted by molar-refractivity contribution is -0.439. The Morgan fingerprint density at radius 1 is 0.667 bits per heavy atom. The number of halogens is 3. The molecule has 0 amide bonds. The van der Waals surface area contributed by atoms with Gasteiger partial charge in [-0.25, -0.2) is 0 Å². The maximum absolute atomic E-state index is 15.2. The zero-order chi connectivity index (χ0) is 47.5. The topological polar surface area (TPSA) is 43.6 Å². The first-order valence-corrected chi connectivity index (χ1v) is 25.1. The Balaban J connectivity index is 1.39. The van der Waals surface area contributed by atoms with Gasteiger partial charge in [0.1, 0.15) is 6.54 Å². The fourth-order valence-electron chi connectivity index (χ4n) is 10.5. The summed E-state index contributed by atoms with van der Waals surface area (Å²) in [5.41, 5.74) is 2.41. The Hall–Kier alpha value is -5.41. The van der Waals surface area contributed by atoms with Crippen LogP contribution in [0.15, 0.2) is 133 Å². The summed E-state index contributed by atoms with van der Waals surface area (Å²) in [7, 11) is -5.86. The molecule has 0 unspecified atom stereocenters. The summed E-state index contributed by atoms with van der Waals surface area (Å²) in [5.74, 6) is 0.800. The Bertz CT molecular complexity index is 2980. The summed E-state index contributed by atoms with van der Waals surface area (Å²) >= 11 is 0. The number of benzene rings is 5. The molecule has 0 bridgehead atoms. The third-order valence-corrected chi connectivity index (χ3v) is 15.5. The van der Waals surface area contributed by atoms with Crippen molar-refractivity contribution in [3.8, 4) is 0 Å². The molecule has 0 aromatic heterocycles. The second-order valence-corrected chi connectivity index (χ2v) is 22.5. The van der Waals surface area contributed by atoms with E-state index < -0.39 is 26.4 Å². The molecule has 8 rings (SSSR count). The number of hydrogen-bond acceptors (Lipinski definition) is 3. The summed E-state index contributed by atoms with van der Waals surface area (Å²) < 4.78 is 76.8. The van der Waals surface area contributed by atoms with Crippen molar-refractivity contribution in [1.29, 1.82) is 0 Å². The van der Waals surface area contributed by atoms with E-state index in [0.29, 0.717) is 38.4 Å². The van der Waals surface area contributed by atoms with Crippen molar-refractivity contribution < 1.29 is 26.2 Å². The molecule has 9 heteroatoms. The zero-order valence-corrected chi connectivity index (χ0v) is 41.0. The van der Waals surface area contributed by atoms with Gasteiger partial charge in [0, 0.05) is 65.2 Å². The number of sulfonamides is 1. The van der Waals surface area contributed by atoms with E-state index in [2.05, 4.69) is 126 Å². The van der Waals surface area contributed by atoms with Crippen LogP contribution < -0.4 is 4.90 Å². The molecule has 0 radical (unpaired) electrons. The third-order valence-electron chi connectivity index (χ3n) is 13.9. The van der Waals surface area contributed by atoms with Crippen LogP contribution in [0.5, 0.6) is 0 Å². The van der Waals surface area contributed by atoms with Gasteiger partial charge < -0.3 is 4.90 Å². The minimum atomic E-state index is -5.86. The molecule has 0 atom stereocenters. The van der Waals surface area contributed by atoms with E-state index in [4.69, 9.17) is 0 Å². The lowest BCUT2D eigenvalue weighted by Crippen LogP contribution is -2.41. The summed E-state index contributed by atoms with van der Waals surface area (Å²) in [5, 5.41) is 4.59. The van der Waals surface area contributed by atoms with Gasteiger partial charge in [0.25, 0.3) is 0 Å². The second kappa shape index (κ2) is 17.7. The number of hydrogen-bond donors (Lipinski definition) is 0. The van der Waals surface area contributed by atoms with Crippen LogP contribution >= 0.6 is 0 Å². The Labute approximate surface area is 390 Å². The molecule has 2 aliphatic heterocycles. The predicted octanol–water partition coefficient (Wildman–Crippen LogP) is 14.7. The molecule has 1 aliphatic carbocycles. The van der Waals surface area contributed by atoms with Crippen LogP contribution in [-0.2, 0) is 20.9 Å². The molecular weight excluding hydrogens is 848 g/mol. The van der Waals surface area contributed by atoms with Crippen molar-refractivity contribution >= 4 is 59.8 Å². The van der Waals surface area contributed by atoms with Crippen molar-refractivity contribution in [2.75, 3.05) is 24.5 Å². The summed E-state index contributed by atoms with van der Waals surface area (Å²) in [6.45, 7) is 22.6. The van der Waals surface area contributed by atoms with Crippen molar-refractivity contribution in [3.63, 3.8) is 0 Å². The van der Waals surface area contributed by atoms with Gasteiger partial charge >= 0.3 is 15.5 Å². The van der Waals surface area contributed by atoms with E-state index in [-0.39, 0.29) is 24.6 Å². The first kappa shape index (κ1) is 47.1. The number of alkyl halides is 3. The number of nitrogens with zero attached hydrogens (tertiary/aromatic N) is 3. The first-order valence-electron chi connectivity index (χ1n) is 23.7. The quantitative estimate of drug-likeness (QED) is 0.104. The average molecular weight is 913 g/mol. The van der Waals surface area contributed by atoms with E-state index in [0.717, 1.165) is 70.3 Å². The van der Waals surface area contributed by atoms with E-state index in [1.807, 2.05) is 74.5 Å². The third kappa shape index (κ3) is 8.24. The fraction of sp³-hybridized carbons (Fsp3) is 0.386. The van der Waals surface area contributed by atoms with Gasteiger partial charge in [0.15, 0.2) is 5.71 Å². The maximum atomic E-state index is 15.2. The van der Waals surface area contributed by atoms with Gasteiger partial charge in [-0.05, 0) is 107 Å². The van der Waals surface area contributed by atoms with Gasteiger partial charge in [-0.15, -0.1) is 0 Å². The smallest absolute Gasteiger partial charge is 0.344 e. The molecule has 2 heterocycles. The molecule has 66 heavy (non-hydrogen) atoms. The highest BCUT2D eigenvalue weighted by Gasteiger charge is 2.52. The highest BCUT2D eigenvalue weighted by Crippen LogP contribution is 2.53. The van der Waals surface area contributed by atoms with Crippen LogP contribution in [0.4, 0.5) is 24.5 Å². The molecule has 0 saturated heterocycles. The van der Waals surface area contributed by atoms with Crippen LogP contribution in [0.2, 0.25) is 0 Å². The predicted molar refractivity (Wildman–Crippen MR) is 270 cm³/mol. The first-order chi connectivity index (χ1) is 31.2. The zero-order valence-electron chi connectivity index (χ0n) is 40.2. The molecule has 5 aromatic carbocycles. The Morgan fingerprint density at radius 2 is 1.24 bits per heavy atom. The van der Waals surface area contributed by atoms with Crippen molar-refractivity contribution in [1.82, 2.24) is 4.31 Å². The fourth-order valence-corrected chi connectivity index (χ4v) is 11.5. The molecule has 0 fully saturated rings. The number of fused-ring (bicyclic) bond motifs is 7. The van der Waals surface area contributed by atoms with E-state index >= 15 is 13.2 Å². The van der Waals surface area contributed by atoms with Crippen molar-refractivity contribution in [2.45, 2.75) is 105 Å². The second-order valence-electron chi connectivity index (χ2n) is 20.6. The van der Waals surface area contributed by atoms with Crippen molar-refractivity contribution in [2.24, 2.45) is 17.8 Å². The van der Waals surface area contributed by atoms with Gasteiger partial charge in [-0.1, -0.05) is 140 Å². The Morgan fingerprint density at radius 3 is 1.86 bits per heavy atom. The van der Waals surface area contributed by atoms with Crippen LogP contribution in [-0.4, -0.2) is 48.2 Å². The lowest BCUT2D eigenvalue weighted by Gasteiger charge is -2.29. The van der Waals surface area contributed by atoms with E-state index in [1.165, 1.54) is 11.1 Å². The van der Waals surface area contributed by atoms with Crippen LogP contribution in [0.3, 0.4) is 0 Å². The molecular formula is C57H65F3N3O2S+. The van der Waals surface area contributed by atoms with Crippen LogP contribution in [0.1, 0.15) is 111 Å². The summed E-state index contributed by atoms with van der Waals surface area (Å²) in [6.07, 6.45) is 9.94. The number of allylic oxidation sites excluding steroid dienone is 7. The normalized spacial score (nSPS) is 18.2. The standard InChI is InChI=1S/C57H65F3N3O2S/c1-37(2)31-34-61-48-27-23-40-17-11-13-19-42(40)52(48)55(7,8)50(61)29-25-46-44-21-15-16-22-45(44)47(54(46)63(36-33-39(5)6)66(64,65)57(58,59)60)26-30-51-56(9,10)53-43-20-14-12-18-41(43)24-28-49(53)62(51)35-32-38(3)4/h11-30,37-39H,31-36H2,1-10H3/q+1. The molecule has 3 aliphatic rings. The van der Waals surface area contributed by atoms with Crippen LogP contribution in [0, 0.1) is 17.8 Å². The molecule has 346 valence electrons. The monoisotopic (exact) mass is 912 g/mol. The highest BCUT2D eigenvalue weighted by molar-refractivity contribution is 7.90. The van der Waals surface area contributed by atoms with Gasteiger partial charge in [0.05, 0.1) is 11.1 Å². The number of anilines is 1. The molecule has 0 N–H and O–H groups in total. The van der Waals surface area contributed by atoms with Crippen LogP contribution in [0.25, 0.3) is 32.7 Å². The molecule has 5 aromatic rings. The average Bonchev–Trinajstić information content (AvgIpc) is 3.77. The molecule has 0 spiro atoms. The minimum Gasteiger partial charge on any atom is -0.344 e. The maximum Gasteiger partial charge on any atom is 0.516 e. The Kier molecular flexibility index (Phi) is 12.6. The van der Waals surface area contributed by atoms with Gasteiger partial charge in [0.2, 0.25) is 5.69 Å². The summed E-state index contributed by atoms with van der Waals surface area (Å²) in [6, 6.07) is 33.0. The SMILES string of the molecule is CC(C)CCN1C(=CC=C2C(N(CCC(C)C)S(=O)(=O)C(F)(F)F)=C(C=CC3=[N+](CCC(C)C)c4ccc5ccccc5c4C3(C)C)c3ccccc32)C(C)(C)c2c1ccc1ccccc21. The molecule has 0 saturated carbocycles. The van der Waals surface area contributed by atoms with Gasteiger partial charge in [-0.2, -0.15) is 26.2 Å². The van der Waals surface area contributed by atoms with E-state index in [1.54, 1.807) is 0 Å². The van der Waals surface area contributed by atoms with Crippen molar-refractivity contribution in [3.05, 3.63) is 155 Å². The minimum absolute atomic E-state index is 0.0443. The summed E-state index contributed by atoms with van der Waals surface area (Å²) in [4.78, 5) is 2.36. The van der Waals surface area contributed by atoms with E-state index in [9.17, 15) is 8.42 Å².